The number of hydrogen-bond donors (Lipinski definition) is 2. The van der Waals surface area contributed by atoms with Crippen molar-refractivity contribution in [3.63, 3.8) is 0 Å². The van der Waals surface area contributed by atoms with Gasteiger partial charge in [-0.1, -0.05) is 81.4 Å². The summed E-state index contributed by atoms with van der Waals surface area (Å²) in [6.07, 6.45) is 1.42. The lowest BCUT2D eigenvalue weighted by molar-refractivity contribution is -0.147. The second-order valence-corrected chi connectivity index (χ2v) is 13.5. The van der Waals surface area contributed by atoms with E-state index in [1.165, 1.54) is 0 Å². The van der Waals surface area contributed by atoms with Crippen molar-refractivity contribution < 1.29 is 19.1 Å². The molecule has 2 heterocycles. The number of amides is 3. The molecule has 222 valence electrons. The van der Waals surface area contributed by atoms with Crippen molar-refractivity contribution >= 4 is 17.7 Å². The number of piperidine rings is 1. The number of hydrogen-bond acceptors (Lipinski definition) is 5. The van der Waals surface area contributed by atoms with Crippen LogP contribution in [0.4, 0.5) is 0 Å². The van der Waals surface area contributed by atoms with E-state index in [9.17, 15) is 14.4 Å². The lowest BCUT2D eigenvalue weighted by atomic mass is 9.69. The quantitative estimate of drug-likeness (QED) is 0.485. The normalized spacial score (nSPS) is 22.2. The topological polar surface area (TPSA) is 105 Å². The molecule has 3 N–H and O–H groups in total. The number of nitrogens with two attached hydrogens (primary N) is 1. The molecule has 0 bridgehead atoms. The van der Waals surface area contributed by atoms with Crippen LogP contribution in [0.15, 0.2) is 60.7 Å². The molecule has 1 spiro atoms. The van der Waals surface area contributed by atoms with Gasteiger partial charge in [0.25, 0.3) is 0 Å². The van der Waals surface area contributed by atoms with Crippen LogP contribution < -0.4 is 11.1 Å². The molecule has 2 aliphatic rings. The Kier molecular flexibility index (Phi) is 9.24. The highest BCUT2D eigenvalue weighted by molar-refractivity contribution is 5.93. The number of ether oxygens (including phenoxy) is 1. The van der Waals surface area contributed by atoms with Crippen LogP contribution in [0.5, 0.6) is 0 Å². The number of carbonyl (C=O) groups excluding carboxylic acids is 3. The average Bonchev–Trinajstić information content (AvgIpc) is 3.17. The third-order valence-corrected chi connectivity index (χ3v) is 8.07. The zero-order valence-electron chi connectivity index (χ0n) is 25.2. The lowest BCUT2D eigenvalue weighted by Crippen LogP contribution is -2.60. The van der Waals surface area contributed by atoms with Crippen LogP contribution >= 0.6 is 0 Å². The summed E-state index contributed by atoms with van der Waals surface area (Å²) in [5.74, 6) is -0.591. The van der Waals surface area contributed by atoms with E-state index in [0.717, 1.165) is 11.1 Å². The maximum atomic E-state index is 14.2. The summed E-state index contributed by atoms with van der Waals surface area (Å²) in [6.45, 7) is 12.1. The molecule has 3 atom stereocenters. The van der Waals surface area contributed by atoms with Gasteiger partial charge in [-0.05, 0) is 43.2 Å². The Morgan fingerprint density at radius 2 is 1.68 bits per heavy atom. The third-order valence-electron chi connectivity index (χ3n) is 8.07. The zero-order valence-corrected chi connectivity index (χ0v) is 25.2. The molecule has 0 radical (unpaired) electrons. The van der Waals surface area contributed by atoms with Gasteiger partial charge in [0.2, 0.25) is 17.7 Å². The predicted octanol–water partition coefficient (Wildman–Crippen LogP) is 3.71. The molecule has 0 saturated carbocycles. The van der Waals surface area contributed by atoms with Crippen molar-refractivity contribution in [2.75, 3.05) is 32.8 Å². The third kappa shape index (κ3) is 7.35. The van der Waals surface area contributed by atoms with E-state index in [0.29, 0.717) is 45.6 Å². The summed E-state index contributed by atoms with van der Waals surface area (Å²) in [5, 5.41) is 2.84. The standard InChI is InChI=1S/C33H46N4O4/c1-31(2,3)22-37-19-26(25-15-10-7-11-16-25)33(30(37)40)17-12-18-36(23-33)28(38)27(35-29(39)32(4,5)34)21-41-20-24-13-8-6-9-14-24/h6-11,13-16,26-27H,12,17-23,34H2,1-5H3,(H,35,39)/t26?,27-,33?/m1/s1. The Bertz CT molecular complexity index is 1210. The molecular weight excluding hydrogens is 516 g/mol. The maximum Gasteiger partial charge on any atom is 0.247 e. The Hall–Kier alpha value is -3.23. The van der Waals surface area contributed by atoms with Crippen LogP contribution in [0.3, 0.4) is 0 Å². The van der Waals surface area contributed by atoms with Crippen molar-refractivity contribution in [3.8, 4) is 0 Å². The molecule has 8 heteroatoms. The maximum absolute atomic E-state index is 14.2. The summed E-state index contributed by atoms with van der Waals surface area (Å²) in [6, 6.07) is 19.0. The minimum absolute atomic E-state index is 0.00522. The van der Waals surface area contributed by atoms with Crippen molar-refractivity contribution in [3.05, 3.63) is 71.8 Å². The first kappa shape index (κ1) is 30.7. The molecule has 0 aliphatic carbocycles. The highest BCUT2D eigenvalue weighted by Gasteiger charge is 2.57. The van der Waals surface area contributed by atoms with Gasteiger partial charge in [0.05, 0.1) is 24.2 Å². The average molecular weight is 563 g/mol. The van der Waals surface area contributed by atoms with E-state index < -0.39 is 22.9 Å². The van der Waals surface area contributed by atoms with Gasteiger partial charge in [-0.15, -0.1) is 0 Å². The molecule has 2 fully saturated rings. The molecule has 2 aromatic carbocycles. The van der Waals surface area contributed by atoms with Crippen LogP contribution in [0.1, 0.15) is 64.5 Å². The zero-order chi connectivity index (χ0) is 29.8. The molecule has 2 unspecified atom stereocenters. The predicted molar refractivity (Wildman–Crippen MR) is 160 cm³/mol. The summed E-state index contributed by atoms with van der Waals surface area (Å²) < 4.78 is 5.93. The summed E-state index contributed by atoms with van der Waals surface area (Å²) in [4.78, 5) is 44.9. The monoisotopic (exact) mass is 562 g/mol. The van der Waals surface area contributed by atoms with Gasteiger partial charge >= 0.3 is 0 Å². The van der Waals surface area contributed by atoms with Crippen LogP contribution in [0.2, 0.25) is 0 Å². The van der Waals surface area contributed by atoms with E-state index in [1.807, 2.05) is 53.4 Å². The smallest absolute Gasteiger partial charge is 0.247 e. The number of nitrogens with one attached hydrogen (secondary N) is 1. The minimum atomic E-state index is -1.16. The second-order valence-electron chi connectivity index (χ2n) is 13.5. The summed E-state index contributed by atoms with van der Waals surface area (Å²) in [7, 11) is 0. The summed E-state index contributed by atoms with van der Waals surface area (Å²) >= 11 is 0. The molecule has 4 rings (SSSR count). The number of rotatable bonds is 9. The first-order valence-corrected chi connectivity index (χ1v) is 14.6. The van der Waals surface area contributed by atoms with Gasteiger partial charge in [0.15, 0.2) is 0 Å². The Labute approximate surface area is 244 Å². The van der Waals surface area contributed by atoms with Crippen molar-refractivity contribution in [2.45, 2.75) is 71.6 Å². The van der Waals surface area contributed by atoms with E-state index in [1.54, 1.807) is 18.7 Å². The van der Waals surface area contributed by atoms with Gasteiger partial charge in [-0.3, -0.25) is 14.4 Å². The molecule has 41 heavy (non-hydrogen) atoms. The number of likely N-dealkylation sites (tertiary alicyclic amines) is 2. The number of nitrogens with zero attached hydrogens (tertiary/aromatic N) is 2. The van der Waals surface area contributed by atoms with Crippen molar-refractivity contribution in [2.24, 2.45) is 16.6 Å². The fourth-order valence-corrected chi connectivity index (χ4v) is 6.10. The lowest BCUT2D eigenvalue weighted by Gasteiger charge is -2.43. The molecule has 0 aromatic heterocycles. The second kappa shape index (κ2) is 12.3. The van der Waals surface area contributed by atoms with E-state index >= 15 is 0 Å². The van der Waals surface area contributed by atoms with Crippen LogP contribution in [-0.2, 0) is 25.7 Å². The highest BCUT2D eigenvalue weighted by atomic mass is 16.5. The van der Waals surface area contributed by atoms with Crippen LogP contribution in [0, 0.1) is 10.8 Å². The van der Waals surface area contributed by atoms with Gasteiger partial charge in [-0.2, -0.15) is 0 Å². The minimum Gasteiger partial charge on any atom is -0.374 e. The SMILES string of the molecule is CC(C)(C)CN1CC(c2ccccc2)C2(CCCN(C(=O)[C@@H](COCc3ccccc3)NC(=O)C(C)(C)N)C2)C1=O. The van der Waals surface area contributed by atoms with Gasteiger partial charge < -0.3 is 25.6 Å². The largest absolute Gasteiger partial charge is 0.374 e. The summed E-state index contributed by atoms with van der Waals surface area (Å²) in [5.41, 5.74) is 6.23. The Balaban J connectivity index is 1.58. The van der Waals surface area contributed by atoms with Crippen molar-refractivity contribution in [1.82, 2.24) is 15.1 Å². The molecule has 8 nitrogen and oxygen atoms in total. The fourth-order valence-electron chi connectivity index (χ4n) is 6.10. The molecule has 2 saturated heterocycles. The Morgan fingerprint density at radius 3 is 2.29 bits per heavy atom. The number of carbonyl (C=O) groups is 3. The first-order valence-electron chi connectivity index (χ1n) is 14.6. The van der Waals surface area contributed by atoms with E-state index in [2.05, 4.69) is 38.2 Å². The fraction of sp³-hybridized carbons (Fsp3) is 0.545. The van der Waals surface area contributed by atoms with Crippen molar-refractivity contribution in [1.29, 1.82) is 0 Å². The Morgan fingerprint density at radius 1 is 1.05 bits per heavy atom. The van der Waals surface area contributed by atoms with Gasteiger partial charge in [-0.25, -0.2) is 0 Å². The van der Waals surface area contributed by atoms with Gasteiger partial charge in [0, 0.05) is 32.1 Å². The molecule has 2 aromatic rings. The van der Waals surface area contributed by atoms with E-state index in [-0.39, 0.29) is 29.8 Å². The molecule has 2 aliphatic heterocycles. The number of benzene rings is 2. The van der Waals surface area contributed by atoms with Crippen LogP contribution in [0.25, 0.3) is 0 Å². The van der Waals surface area contributed by atoms with Crippen LogP contribution in [-0.4, -0.2) is 71.9 Å². The highest BCUT2D eigenvalue weighted by Crippen LogP contribution is 2.50. The first-order chi connectivity index (χ1) is 19.3. The molecular formula is C33H46N4O4. The molecule has 3 amide bonds. The van der Waals surface area contributed by atoms with Gasteiger partial charge in [0.1, 0.15) is 6.04 Å². The van der Waals surface area contributed by atoms with E-state index in [4.69, 9.17) is 10.5 Å².